The Balaban J connectivity index is 0.000000446. The molecule has 228 valence electrons. The van der Waals surface area contributed by atoms with Crippen molar-refractivity contribution >= 4 is 21.9 Å². The van der Waals surface area contributed by atoms with E-state index in [1.807, 2.05) is 0 Å². The molecule has 5 rings (SSSR count). The second-order valence-electron chi connectivity index (χ2n) is 13.1. The summed E-state index contributed by atoms with van der Waals surface area (Å²) in [5.74, 6) is 0. The molecule has 3 aliphatic heterocycles. The zero-order chi connectivity index (χ0) is 31.3. The molecular weight excluding hydrogens is 563 g/mol. The van der Waals surface area contributed by atoms with E-state index in [9.17, 15) is 13.2 Å². The molecule has 42 heavy (non-hydrogen) atoms. The van der Waals surface area contributed by atoms with Gasteiger partial charge in [-0.3, -0.25) is 9.87 Å². The number of allylic oxidation sites excluding steroid dienone is 2. The van der Waals surface area contributed by atoms with Crippen LogP contribution in [0.4, 0.5) is 13.2 Å². The van der Waals surface area contributed by atoms with Crippen LogP contribution in [0.2, 0.25) is 0 Å². The van der Waals surface area contributed by atoms with Crippen molar-refractivity contribution in [2.45, 2.75) is 84.3 Å². The number of fused-ring (bicyclic) bond motifs is 5. The van der Waals surface area contributed by atoms with Gasteiger partial charge in [0, 0.05) is 17.4 Å². The Morgan fingerprint density at radius 2 is 1.55 bits per heavy atom. The van der Waals surface area contributed by atoms with Crippen LogP contribution < -0.4 is 5.32 Å². The first kappa shape index (κ1) is 31.8. The second kappa shape index (κ2) is 11.2. The minimum absolute atomic E-state index is 0.00743. The number of hydrogen-bond donors (Lipinski definition) is 2. The fraction of sp³-hybridized carbons (Fsp3) is 0.438. The van der Waals surface area contributed by atoms with Crippen LogP contribution >= 0.6 is 0 Å². The number of benzene rings is 2. The SMILES string of the molecule is CC1=CN2C(NC(C)(C)CC(C)(C)C)C3c4ccccc4C=C(c4ccc(C)cc4)N3C2C=C1.O=S(=O)(O)C(F)(F)F. The topological polar surface area (TPSA) is 72.9 Å². The van der Waals surface area contributed by atoms with Crippen LogP contribution in [0.5, 0.6) is 0 Å². The lowest BCUT2D eigenvalue weighted by Crippen LogP contribution is -2.54. The number of alkyl halides is 3. The van der Waals surface area contributed by atoms with E-state index in [1.165, 1.54) is 33.5 Å². The Kier molecular flexibility index (Phi) is 8.50. The first-order chi connectivity index (χ1) is 19.3. The summed E-state index contributed by atoms with van der Waals surface area (Å²) in [5.41, 5.74) is 2.60. The van der Waals surface area contributed by atoms with Crippen molar-refractivity contribution in [3.63, 3.8) is 0 Å². The van der Waals surface area contributed by atoms with Crippen molar-refractivity contribution in [3.05, 3.63) is 94.7 Å². The van der Waals surface area contributed by atoms with Crippen LogP contribution in [-0.4, -0.2) is 46.1 Å². The van der Waals surface area contributed by atoms with Gasteiger partial charge in [-0.15, -0.1) is 0 Å². The number of hydrogen-bond acceptors (Lipinski definition) is 5. The largest absolute Gasteiger partial charge is 0.522 e. The third kappa shape index (κ3) is 6.93. The van der Waals surface area contributed by atoms with E-state index in [0.29, 0.717) is 0 Å². The first-order valence-electron chi connectivity index (χ1n) is 13.9. The highest BCUT2D eigenvalue weighted by Gasteiger charge is 2.51. The maximum absolute atomic E-state index is 10.7. The molecule has 0 aliphatic carbocycles. The number of rotatable bonds is 4. The summed E-state index contributed by atoms with van der Waals surface area (Å²) in [7, 11) is -5.84. The van der Waals surface area contributed by atoms with E-state index < -0.39 is 15.6 Å². The molecule has 3 heterocycles. The molecule has 2 N–H and O–H groups in total. The highest BCUT2D eigenvalue weighted by molar-refractivity contribution is 7.86. The highest BCUT2D eigenvalue weighted by Crippen LogP contribution is 2.49. The van der Waals surface area contributed by atoms with Crippen molar-refractivity contribution in [1.82, 2.24) is 15.1 Å². The lowest BCUT2D eigenvalue weighted by molar-refractivity contribution is -0.0510. The molecule has 0 amide bonds. The molecule has 0 aromatic heterocycles. The zero-order valence-electron chi connectivity index (χ0n) is 25.1. The first-order valence-corrected chi connectivity index (χ1v) is 15.3. The van der Waals surface area contributed by atoms with Crippen LogP contribution in [0.3, 0.4) is 0 Å². The highest BCUT2D eigenvalue weighted by atomic mass is 32.2. The normalized spacial score (nSPS) is 21.9. The Hall–Kier alpha value is -3.08. The van der Waals surface area contributed by atoms with Crippen LogP contribution in [-0.2, 0) is 10.1 Å². The van der Waals surface area contributed by atoms with Crippen molar-refractivity contribution in [1.29, 1.82) is 0 Å². The van der Waals surface area contributed by atoms with Crippen LogP contribution in [0.25, 0.3) is 11.8 Å². The summed E-state index contributed by atoms with van der Waals surface area (Å²) in [6.07, 6.45) is 10.8. The minimum atomic E-state index is -5.84. The maximum atomic E-state index is 10.7. The molecule has 3 aliphatic rings. The summed E-state index contributed by atoms with van der Waals surface area (Å²) < 4.78 is 57.5. The summed E-state index contributed by atoms with van der Waals surface area (Å²) in [4.78, 5) is 5.19. The van der Waals surface area contributed by atoms with Gasteiger partial charge in [-0.2, -0.15) is 21.6 Å². The monoisotopic (exact) mass is 603 g/mol. The van der Waals surface area contributed by atoms with Gasteiger partial charge in [0.15, 0.2) is 0 Å². The van der Waals surface area contributed by atoms with Gasteiger partial charge in [-0.25, -0.2) is 0 Å². The van der Waals surface area contributed by atoms with E-state index in [-0.39, 0.29) is 29.3 Å². The molecule has 2 aromatic carbocycles. The van der Waals surface area contributed by atoms with Gasteiger partial charge in [0.1, 0.15) is 12.3 Å². The molecule has 0 spiro atoms. The van der Waals surface area contributed by atoms with Gasteiger partial charge in [-0.05, 0) is 73.9 Å². The predicted molar refractivity (Wildman–Crippen MR) is 161 cm³/mol. The fourth-order valence-corrected chi connectivity index (χ4v) is 6.29. The Morgan fingerprint density at radius 3 is 2.12 bits per heavy atom. The average molecular weight is 604 g/mol. The Bertz CT molecular complexity index is 1500. The van der Waals surface area contributed by atoms with Gasteiger partial charge in [0.25, 0.3) is 0 Å². The standard InChI is InChI=1S/C31H39N3.CHF3O3S/c1-21-12-15-23(16-13-21)26-18-24-10-8-9-11-25(24)28-29(32-31(6,7)20-30(3,4)5)33-19-22(2)14-17-27(33)34(26)28;2-1(3,4)8(5,6)7/h8-19,27-29,32H,20H2,1-7H3;(H,5,6,7). The molecule has 1 fully saturated rings. The van der Waals surface area contributed by atoms with Crippen molar-refractivity contribution < 1.29 is 26.1 Å². The van der Waals surface area contributed by atoms with Gasteiger partial charge in [0.05, 0.1) is 6.04 Å². The Morgan fingerprint density at radius 1 is 0.952 bits per heavy atom. The lowest BCUT2D eigenvalue weighted by atomic mass is 9.81. The lowest BCUT2D eigenvalue weighted by Gasteiger charge is -2.41. The third-order valence-corrected chi connectivity index (χ3v) is 8.02. The summed E-state index contributed by atoms with van der Waals surface area (Å²) in [6.45, 7) is 16.1. The van der Waals surface area contributed by atoms with Crippen molar-refractivity contribution in [2.24, 2.45) is 5.41 Å². The number of nitrogens with zero attached hydrogens (tertiary/aromatic N) is 2. The van der Waals surface area contributed by atoms with Crippen LogP contribution in [0, 0.1) is 12.3 Å². The summed E-state index contributed by atoms with van der Waals surface area (Å²) in [5, 5.41) is 4.13. The number of halogens is 3. The molecule has 10 heteroatoms. The fourth-order valence-electron chi connectivity index (χ4n) is 6.29. The van der Waals surface area contributed by atoms with Gasteiger partial charge >= 0.3 is 15.6 Å². The number of nitrogens with one attached hydrogen (secondary N) is 1. The molecule has 3 atom stereocenters. The molecule has 1 saturated heterocycles. The minimum Gasteiger partial charge on any atom is -0.337 e. The molecular formula is C32H40F3N3O3S. The third-order valence-electron chi connectivity index (χ3n) is 7.43. The van der Waals surface area contributed by atoms with E-state index >= 15 is 0 Å². The molecule has 0 bridgehead atoms. The molecule has 2 aromatic rings. The number of aryl methyl sites for hydroxylation is 1. The summed E-state index contributed by atoms with van der Waals surface area (Å²) in [6, 6.07) is 18.1. The molecule has 6 nitrogen and oxygen atoms in total. The molecule has 0 saturated carbocycles. The van der Waals surface area contributed by atoms with E-state index in [2.05, 4.69) is 137 Å². The zero-order valence-corrected chi connectivity index (χ0v) is 25.9. The smallest absolute Gasteiger partial charge is 0.337 e. The average Bonchev–Trinajstić information content (AvgIpc) is 3.15. The van der Waals surface area contributed by atoms with Gasteiger partial charge in [0.2, 0.25) is 0 Å². The second-order valence-corrected chi connectivity index (χ2v) is 14.5. The van der Waals surface area contributed by atoms with Gasteiger partial charge < -0.3 is 9.80 Å². The van der Waals surface area contributed by atoms with E-state index in [4.69, 9.17) is 13.0 Å². The van der Waals surface area contributed by atoms with Crippen molar-refractivity contribution in [2.75, 3.05) is 0 Å². The van der Waals surface area contributed by atoms with E-state index in [1.54, 1.807) is 0 Å². The quantitative estimate of drug-likeness (QED) is 0.279. The predicted octanol–water partition coefficient (Wildman–Crippen LogP) is 7.49. The van der Waals surface area contributed by atoms with Gasteiger partial charge in [-0.1, -0.05) is 80.9 Å². The maximum Gasteiger partial charge on any atom is 0.522 e. The summed E-state index contributed by atoms with van der Waals surface area (Å²) >= 11 is 0. The van der Waals surface area contributed by atoms with Crippen LogP contribution in [0.15, 0.2) is 72.5 Å². The molecule has 0 radical (unpaired) electrons. The van der Waals surface area contributed by atoms with E-state index in [0.717, 1.165) is 6.42 Å². The van der Waals surface area contributed by atoms with Crippen LogP contribution in [0.1, 0.15) is 76.3 Å². The van der Waals surface area contributed by atoms with Crippen molar-refractivity contribution in [3.8, 4) is 0 Å². The Labute approximate surface area is 247 Å². The molecule has 3 unspecified atom stereocenters.